The van der Waals surface area contributed by atoms with Crippen LogP contribution >= 0.6 is 11.3 Å². The van der Waals surface area contributed by atoms with Crippen molar-refractivity contribution in [3.63, 3.8) is 0 Å². The summed E-state index contributed by atoms with van der Waals surface area (Å²) in [7, 11) is 3.48. The Kier molecular flexibility index (Phi) is 3.43. The van der Waals surface area contributed by atoms with Crippen LogP contribution in [0.1, 0.15) is 4.88 Å². The lowest BCUT2D eigenvalue weighted by Crippen LogP contribution is -2.02. The van der Waals surface area contributed by atoms with E-state index in [2.05, 4.69) is 20.5 Å². The summed E-state index contributed by atoms with van der Waals surface area (Å²) in [6.07, 6.45) is 1.85. The van der Waals surface area contributed by atoms with E-state index in [4.69, 9.17) is 4.74 Å². The molecule has 84 valence electrons. The maximum Gasteiger partial charge on any atom is 0.233 e. The fourth-order valence-corrected chi connectivity index (χ4v) is 2.11. The van der Waals surface area contributed by atoms with Crippen LogP contribution in [0.4, 0.5) is 0 Å². The molecule has 0 bridgehead atoms. The van der Waals surface area contributed by atoms with E-state index in [0.717, 1.165) is 17.2 Å². The molecule has 0 radical (unpaired) electrons. The number of rotatable bonds is 4. The fourth-order valence-electron chi connectivity index (χ4n) is 1.22. The summed E-state index contributed by atoms with van der Waals surface area (Å²) in [5, 5.41) is 11.9. The third kappa shape index (κ3) is 2.34. The Bertz CT molecular complexity index is 454. The Hall–Kier alpha value is -1.53. The van der Waals surface area contributed by atoms with Gasteiger partial charge in [0.15, 0.2) is 0 Å². The predicted molar refractivity (Wildman–Crippen MR) is 62.5 cm³/mol. The fraction of sp³-hybridized carbons (Fsp3) is 0.300. The first-order chi connectivity index (χ1) is 7.83. The number of nitrogens with one attached hydrogen (secondary N) is 1. The molecule has 0 aliphatic heterocycles. The third-order valence-electron chi connectivity index (χ3n) is 1.97. The topological polar surface area (TPSA) is 59.9 Å². The second kappa shape index (κ2) is 5.00. The van der Waals surface area contributed by atoms with Gasteiger partial charge in [0.1, 0.15) is 10.7 Å². The lowest BCUT2D eigenvalue weighted by Gasteiger charge is -1.97. The number of aromatic nitrogens is 3. The van der Waals surface area contributed by atoms with Crippen LogP contribution in [-0.4, -0.2) is 29.3 Å². The quantitative estimate of drug-likeness (QED) is 0.867. The van der Waals surface area contributed by atoms with Crippen LogP contribution in [0.3, 0.4) is 0 Å². The van der Waals surface area contributed by atoms with Gasteiger partial charge in [-0.15, -0.1) is 21.5 Å². The van der Waals surface area contributed by atoms with Crippen LogP contribution in [0.15, 0.2) is 18.3 Å². The van der Waals surface area contributed by atoms with E-state index in [0.29, 0.717) is 5.88 Å². The molecule has 16 heavy (non-hydrogen) atoms. The molecule has 2 heterocycles. The highest BCUT2D eigenvalue weighted by molar-refractivity contribution is 7.14. The van der Waals surface area contributed by atoms with Gasteiger partial charge in [-0.05, 0) is 13.1 Å². The first-order valence-corrected chi connectivity index (χ1v) is 5.62. The molecule has 0 saturated heterocycles. The van der Waals surface area contributed by atoms with Crippen LogP contribution in [-0.2, 0) is 6.54 Å². The summed E-state index contributed by atoms with van der Waals surface area (Å²) in [6, 6.07) is 3.63. The molecule has 0 aliphatic carbocycles. The molecular weight excluding hydrogens is 224 g/mol. The van der Waals surface area contributed by atoms with Gasteiger partial charge < -0.3 is 10.1 Å². The van der Waals surface area contributed by atoms with Crippen LogP contribution in [0, 0.1) is 0 Å². The molecule has 2 aromatic rings. The minimum Gasteiger partial charge on any atom is -0.480 e. The molecule has 2 rings (SSSR count). The Morgan fingerprint density at radius 1 is 1.38 bits per heavy atom. The smallest absolute Gasteiger partial charge is 0.233 e. The first kappa shape index (κ1) is 11.0. The van der Waals surface area contributed by atoms with Crippen LogP contribution in [0.2, 0.25) is 0 Å². The van der Waals surface area contributed by atoms with Gasteiger partial charge in [-0.25, -0.2) is 4.98 Å². The largest absolute Gasteiger partial charge is 0.480 e. The molecule has 5 nitrogen and oxygen atoms in total. The highest BCUT2D eigenvalue weighted by Gasteiger charge is 2.06. The minimum absolute atomic E-state index is 0.510. The number of nitrogens with zero attached hydrogens (tertiary/aromatic N) is 3. The Labute approximate surface area is 97.5 Å². The monoisotopic (exact) mass is 236 g/mol. The van der Waals surface area contributed by atoms with Crippen molar-refractivity contribution in [2.75, 3.05) is 14.2 Å². The second-order valence-electron chi connectivity index (χ2n) is 3.12. The van der Waals surface area contributed by atoms with Gasteiger partial charge in [-0.1, -0.05) is 0 Å². The zero-order valence-electron chi connectivity index (χ0n) is 9.10. The standard InChI is InChI=1S/C10H12N4OS/c1-11-5-7-6-12-10(16-7)8-3-4-9(15-2)14-13-8/h3-4,6,11H,5H2,1-2H3. The van der Waals surface area contributed by atoms with Crippen LogP contribution in [0.25, 0.3) is 10.7 Å². The molecule has 6 heteroatoms. The van der Waals surface area contributed by atoms with Crippen molar-refractivity contribution in [1.82, 2.24) is 20.5 Å². The number of hydrogen-bond acceptors (Lipinski definition) is 6. The average Bonchev–Trinajstić information content (AvgIpc) is 2.78. The molecule has 0 aliphatic rings. The maximum absolute atomic E-state index is 4.95. The summed E-state index contributed by atoms with van der Waals surface area (Å²) in [5.41, 5.74) is 0.771. The highest BCUT2D eigenvalue weighted by Crippen LogP contribution is 2.23. The van der Waals surface area contributed by atoms with Gasteiger partial charge in [-0.2, -0.15) is 0 Å². The molecule has 0 saturated carbocycles. The van der Waals surface area contributed by atoms with E-state index >= 15 is 0 Å². The van der Waals surface area contributed by atoms with E-state index < -0.39 is 0 Å². The van der Waals surface area contributed by atoms with E-state index in [1.165, 1.54) is 4.88 Å². The zero-order valence-corrected chi connectivity index (χ0v) is 9.91. The lowest BCUT2D eigenvalue weighted by atomic mass is 10.4. The average molecular weight is 236 g/mol. The number of ether oxygens (including phenoxy) is 1. The summed E-state index contributed by atoms with van der Waals surface area (Å²) >= 11 is 1.61. The van der Waals surface area contributed by atoms with Gasteiger partial charge in [-0.3, -0.25) is 0 Å². The summed E-state index contributed by atoms with van der Waals surface area (Å²) in [4.78, 5) is 5.47. The van der Waals surface area contributed by atoms with Crippen molar-refractivity contribution in [2.24, 2.45) is 0 Å². The zero-order chi connectivity index (χ0) is 11.4. The second-order valence-corrected chi connectivity index (χ2v) is 4.24. The Morgan fingerprint density at radius 2 is 2.25 bits per heavy atom. The van der Waals surface area contributed by atoms with Gasteiger partial charge in [0, 0.05) is 23.7 Å². The van der Waals surface area contributed by atoms with Crippen molar-refractivity contribution < 1.29 is 4.74 Å². The van der Waals surface area contributed by atoms with E-state index in [-0.39, 0.29) is 0 Å². The normalized spacial score (nSPS) is 10.4. The summed E-state index contributed by atoms with van der Waals surface area (Å²) in [6.45, 7) is 0.821. The van der Waals surface area contributed by atoms with Gasteiger partial charge in [0.25, 0.3) is 0 Å². The van der Waals surface area contributed by atoms with E-state index in [9.17, 15) is 0 Å². The Balaban J connectivity index is 2.21. The van der Waals surface area contributed by atoms with Crippen molar-refractivity contribution in [3.05, 3.63) is 23.2 Å². The molecule has 0 aromatic carbocycles. The first-order valence-electron chi connectivity index (χ1n) is 4.81. The van der Waals surface area contributed by atoms with E-state index in [1.54, 1.807) is 24.5 Å². The van der Waals surface area contributed by atoms with Crippen LogP contribution < -0.4 is 10.1 Å². The van der Waals surface area contributed by atoms with Crippen molar-refractivity contribution >= 4 is 11.3 Å². The number of hydrogen-bond donors (Lipinski definition) is 1. The van der Waals surface area contributed by atoms with Gasteiger partial charge in [0.05, 0.1) is 7.11 Å². The molecule has 0 fully saturated rings. The third-order valence-corrected chi connectivity index (χ3v) is 2.99. The molecule has 0 amide bonds. The number of thiazole rings is 1. The molecular formula is C10H12N4OS. The SMILES string of the molecule is CNCc1cnc(-c2ccc(OC)nn2)s1. The van der Waals surface area contributed by atoms with E-state index in [1.807, 2.05) is 19.3 Å². The van der Waals surface area contributed by atoms with Crippen LogP contribution in [0.5, 0.6) is 5.88 Å². The lowest BCUT2D eigenvalue weighted by molar-refractivity contribution is 0.392. The van der Waals surface area contributed by atoms with Crippen molar-refractivity contribution in [3.8, 4) is 16.6 Å². The Morgan fingerprint density at radius 3 is 2.88 bits per heavy atom. The van der Waals surface area contributed by atoms with Gasteiger partial charge >= 0.3 is 0 Å². The molecule has 2 aromatic heterocycles. The van der Waals surface area contributed by atoms with Crippen molar-refractivity contribution in [1.29, 1.82) is 0 Å². The molecule has 0 spiro atoms. The maximum atomic E-state index is 4.95. The van der Waals surface area contributed by atoms with Gasteiger partial charge in [0.2, 0.25) is 5.88 Å². The number of methoxy groups -OCH3 is 1. The predicted octanol–water partition coefficient (Wildman–Crippen LogP) is 1.33. The summed E-state index contributed by atoms with van der Waals surface area (Å²) < 4.78 is 4.95. The highest BCUT2D eigenvalue weighted by atomic mass is 32.1. The molecule has 0 unspecified atom stereocenters. The minimum atomic E-state index is 0.510. The summed E-state index contributed by atoms with van der Waals surface area (Å²) in [5.74, 6) is 0.510. The molecule has 0 atom stereocenters. The molecule has 1 N–H and O–H groups in total. The van der Waals surface area contributed by atoms with Crippen molar-refractivity contribution in [2.45, 2.75) is 6.54 Å².